The number of fused-ring (bicyclic) bond motifs is 1. The molecule has 2 aromatic carbocycles. The smallest absolute Gasteiger partial charge is 0.287 e. The summed E-state index contributed by atoms with van der Waals surface area (Å²) in [7, 11) is 0. The normalized spacial score (nSPS) is 17.8. The first-order chi connectivity index (χ1) is 15.9. The average Bonchev–Trinajstić information content (AvgIpc) is 3.35. The summed E-state index contributed by atoms with van der Waals surface area (Å²) in [5.41, 5.74) is 1.40. The summed E-state index contributed by atoms with van der Waals surface area (Å²) in [6.07, 6.45) is 1.05. The van der Waals surface area contributed by atoms with Gasteiger partial charge in [0.1, 0.15) is 5.82 Å². The molecule has 0 N–H and O–H groups in total. The summed E-state index contributed by atoms with van der Waals surface area (Å²) in [4.78, 5) is 18.6. The quantitative estimate of drug-likeness (QED) is 0.469. The molecule has 0 unspecified atom stereocenters. The third-order valence-corrected chi connectivity index (χ3v) is 5.53. The van der Waals surface area contributed by atoms with Crippen LogP contribution in [0.2, 0.25) is 0 Å². The molecule has 1 atom stereocenters. The van der Waals surface area contributed by atoms with E-state index in [4.69, 9.17) is 4.74 Å². The van der Waals surface area contributed by atoms with Crippen LogP contribution in [0.3, 0.4) is 0 Å². The highest BCUT2D eigenvalue weighted by Gasteiger charge is 2.47. The molecule has 4 aromatic rings. The summed E-state index contributed by atoms with van der Waals surface area (Å²) >= 11 is 0. The first kappa shape index (κ1) is 20.9. The minimum Gasteiger partial charge on any atom is -0.466 e. The molecule has 0 spiro atoms. The second-order valence-electron chi connectivity index (χ2n) is 7.75. The number of carbonyl (C=O) groups excluding carboxylic acids is 1. The standard InChI is InChI=1S/C23H18F3N5O2/c24-17-5-6-19-15(12-17)4-7-21(28-19)33-20-14-30(10-8-23(20,25)26)22(32)16-2-1-3-18(13-16)31-11-9-27-29-31/h1-7,9,11-13,20H,8,10,14H2/t20-/m0/s1. The Morgan fingerprint density at radius 2 is 2.00 bits per heavy atom. The maximum atomic E-state index is 14.7. The Labute approximate surface area is 186 Å². The minimum absolute atomic E-state index is 0.0127. The van der Waals surface area contributed by atoms with E-state index < -0.39 is 24.3 Å². The van der Waals surface area contributed by atoms with Gasteiger partial charge in [0, 0.05) is 30.0 Å². The van der Waals surface area contributed by atoms with Gasteiger partial charge in [0.15, 0.2) is 6.10 Å². The number of benzene rings is 2. The number of hydrogen-bond donors (Lipinski definition) is 0. The van der Waals surface area contributed by atoms with E-state index in [2.05, 4.69) is 15.3 Å². The molecule has 0 aliphatic carbocycles. The topological polar surface area (TPSA) is 73.1 Å². The van der Waals surface area contributed by atoms with E-state index in [-0.39, 0.29) is 24.9 Å². The van der Waals surface area contributed by atoms with Crippen molar-refractivity contribution in [1.29, 1.82) is 0 Å². The zero-order chi connectivity index (χ0) is 23.0. The summed E-state index contributed by atoms with van der Waals surface area (Å²) in [5, 5.41) is 8.17. The van der Waals surface area contributed by atoms with E-state index in [0.29, 0.717) is 22.2 Å². The van der Waals surface area contributed by atoms with Gasteiger partial charge in [-0.15, -0.1) is 5.10 Å². The number of nitrogens with zero attached hydrogens (tertiary/aromatic N) is 5. The molecular formula is C23H18F3N5O2. The Hall–Kier alpha value is -3.95. The Morgan fingerprint density at radius 1 is 1.12 bits per heavy atom. The van der Waals surface area contributed by atoms with Crippen LogP contribution in [0.1, 0.15) is 16.8 Å². The number of hydrogen-bond acceptors (Lipinski definition) is 5. The maximum absolute atomic E-state index is 14.7. The summed E-state index contributed by atoms with van der Waals surface area (Å²) < 4.78 is 49.7. The van der Waals surface area contributed by atoms with E-state index in [1.807, 2.05) is 0 Å². The minimum atomic E-state index is -3.14. The maximum Gasteiger partial charge on any atom is 0.287 e. The highest BCUT2D eigenvalue weighted by atomic mass is 19.3. The summed E-state index contributed by atoms with van der Waals surface area (Å²) in [5.74, 6) is -3.96. The van der Waals surface area contributed by atoms with E-state index >= 15 is 0 Å². The Morgan fingerprint density at radius 3 is 2.82 bits per heavy atom. The predicted molar refractivity (Wildman–Crippen MR) is 113 cm³/mol. The van der Waals surface area contributed by atoms with Crippen molar-refractivity contribution < 1.29 is 22.7 Å². The first-order valence-corrected chi connectivity index (χ1v) is 10.3. The molecular weight excluding hydrogens is 435 g/mol. The van der Waals surface area contributed by atoms with E-state index in [0.717, 1.165) is 0 Å². The fraction of sp³-hybridized carbons (Fsp3) is 0.217. The third kappa shape index (κ3) is 4.23. The van der Waals surface area contributed by atoms with Crippen LogP contribution in [0.4, 0.5) is 13.2 Å². The van der Waals surface area contributed by atoms with Gasteiger partial charge in [0.25, 0.3) is 11.8 Å². The van der Waals surface area contributed by atoms with Gasteiger partial charge >= 0.3 is 0 Å². The molecule has 1 fully saturated rings. The number of rotatable bonds is 4. The molecule has 2 aromatic heterocycles. The molecule has 7 nitrogen and oxygen atoms in total. The van der Waals surface area contributed by atoms with Gasteiger partial charge in [-0.1, -0.05) is 11.3 Å². The lowest BCUT2D eigenvalue weighted by Gasteiger charge is -2.38. The molecule has 0 radical (unpaired) electrons. The van der Waals surface area contributed by atoms with Crippen LogP contribution in [0, 0.1) is 5.82 Å². The molecule has 168 valence electrons. The summed E-state index contributed by atoms with van der Waals surface area (Å²) in [6, 6.07) is 13.7. The van der Waals surface area contributed by atoms with Crippen LogP contribution in [0.15, 0.2) is 67.0 Å². The van der Waals surface area contributed by atoms with Crippen molar-refractivity contribution in [3.8, 4) is 11.6 Å². The van der Waals surface area contributed by atoms with Gasteiger partial charge in [0.2, 0.25) is 5.88 Å². The van der Waals surface area contributed by atoms with Crippen molar-refractivity contribution in [2.45, 2.75) is 18.4 Å². The monoisotopic (exact) mass is 453 g/mol. The lowest BCUT2D eigenvalue weighted by molar-refractivity contribution is -0.131. The third-order valence-electron chi connectivity index (χ3n) is 5.53. The number of ether oxygens (including phenoxy) is 1. The zero-order valence-electron chi connectivity index (χ0n) is 17.2. The van der Waals surface area contributed by atoms with Crippen LogP contribution in [0.5, 0.6) is 5.88 Å². The van der Waals surface area contributed by atoms with Crippen molar-refractivity contribution >= 4 is 16.8 Å². The zero-order valence-corrected chi connectivity index (χ0v) is 17.2. The molecule has 5 rings (SSSR count). The van der Waals surface area contributed by atoms with Crippen molar-refractivity contribution in [2.24, 2.45) is 0 Å². The average molecular weight is 453 g/mol. The number of pyridine rings is 1. The second-order valence-corrected chi connectivity index (χ2v) is 7.75. The van der Waals surface area contributed by atoms with Gasteiger partial charge in [-0.25, -0.2) is 22.8 Å². The van der Waals surface area contributed by atoms with Crippen molar-refractivity contribution in [1.82, 2.24) is 24.9 Å². The Bertz CT molecular complexity index is 1310. The highest BCUT2D eigenvalue weighted by molar-refractivity contribution is 5.94. The first-order valence-electron chi connectivity index (χ1n) is 10.3. The lowest BCUT2D eigenvalue weighted by atomic mass is 10.0. The molecule has 10 heteroatoms. The van der Waals surface area contributed by atoms with Crippen LogP contribution >= 0.6 is 0 Å². The number of likely N-dealkylation sites (tertiary alicyclic amines) is 1. The number of halogens is 3. The molecule has 33 heavy (non-hydrogen) atoms. The SMILES string of the molecule is O=C(c1cccc(-n2ccnn2)c1)N1CCC(F)(F)[C@@H](Oc2ccc3cc(F)ccc3n2)C1. The van der Waals surface area contributed by atoms with Gasteiger partial charge in [-0.3, -0.25) is 4.79 Å². The van der Waals surface area contributed by atoms with Crippen LogP contribution in [0.25, 0.3) is 16.6 Å². The number of piperidine rings is 1. The molecule has 0 bridgehead atoms. The molecule has 1 amide bonds. The molecule has 1 aliphatic rings. The van der Waals surface area contributed by atoms with Crippen LogP contribution in [-0.2, 0) is 0 Å². The molecule has 1 aliphatic heterocycles. The molecule has 0 saturated carbocycles. The van der Waals surface area contributed by atoms with Crippen molar-refractivity contribution in [3.05, 3.63) is 78.4 Å². The van der Waals surface area contributed by atoms with Crippen molar-refractivity contribution in [3.63, 3.8) is 0 Å². The lowest BCUT2D eigenvalue weighted by Crippen LogP contribution is -2.55. The number of carbonyl (C=O) groups is 1. The number of aromatic nitrogens is 4. The Kier molecular flexibility index (Phi) is 5.20. The van der Waals surface area contributed by atoms with E-state index in [1.165, 1.54) is 40.0 Å². The fourth-order valence-electron chi connectivity index (χ4n) is 3.78. The molecule has 3 heterocycles. The van der Waals surface area contributed by atoms with Crippen molar-refractivity contribution in [2.75, 3.05) is 13.1 Å². The fourth-order valence-corrected chi connectivity index (χ4v) is 3.78. The summed E-state index contributed by atoms with van der Waals surface area (Å²) in [6.45, 7) is -0.411. The largest absolute Gasteiger partial charge is 0.466 e. The number of amides is 1. The van der Waals surface area contributed by atoms with Gasteiger partial charge in [-0.2, -0.15) is 0 Å². The van der Waals surface area contributed by atoms with Crippen LogP contribution < -0.4 is 4.74 Å². The number of alkyl halides is 2. The van der Waals surface area contributed by atoms with Gasteiger partial charge < -0.3 is 9.64 Å². The second kappa shape index (κ2) is 8.19. The van der Waals surface area contributed by atoms with E-state index in [1.54, 1.807) is 36.5 Å². The van der Waals surface area contributed by atoms with Crippen LogP contribution in [-0.4, -0.2) is 55.9 Å². The van der Waals surface area contributed by atoms with E-state index in [9.17, 15) is 18.0 Å². The van der Waals surface area contributed by atoms with Gasteiger partial charge in [0.05, 0.1) is 30.1 Å². The van der Waals surface area contributed by atoms with Gasteiger partial charge in [-0.05, 0) is 42.5 Å². The predicted octanol–water partition coefficient (Wildman–Crippen LogP) is 3.88. The molecule has 1 saturated heterocycles. The highest BCUT2D eigenvalue weighted by Crippen LogP contribution is 2.32. The Balaban J connectivity index is 1.36.